The van der Waals surface area contributed by atoms with Crippen LogP contribution in [0.3, 0.4) is 0 Å². The fraction of sp³-hybridized carbons (Fsp3) is 0.947. The monoisotopic (exact) mass is 1310 g/mol. The molecule has 0 radical (unpaired) electrons. The highest BCUT2D eigenvalue weighted by atomic mass is 32.2. The van der Waals surface area contributed by atoms with Gasteiger partial charge < -0.3 is 55.0 Å². The first-order valence-corrected chi connectivity index (χ1v) is 40.0. The molecular weight excluding hydrogens is 1160 g/mol. The van der Waals surface area contributed by atoms with Gasteiger partial charge in [0.25, 0.3) is 0 Å². The zero-order valence-corrected chi connectivity index (χ0v) is 60.0. The molecule has 5 N–H and O–H groups in total. The summed E-state index contributed by atoms with van der Waals surface area (Å²) in [6, 6.07) is 0. The molecule has 0 atom stereocenters. The third-order valence-corrected chi connectivity index (χ3v) is 18.2. The topological polar surface area (TPSA) is 184 Å². The van der Waals surface area contributed by atoms with E-state index in [1.54, 1.807) is 0 Å². The second kappa shape index (κ2) is 77.3. The highest BCUT2D eigenvalue weighted by molar-refractivity contribution is 7.99. The van der Waals surface area contributed by atoms with E-state index < -0.39 is 0 Å². The van der Waals surface area contributed by atoms with Crippen LogP contribution in [0.4, 0.5) is 0 Å². The smallest absolute Gasteiger partial charge is 0.305 e. The number of hydrogen-bond acceptors (Lipinski definition) is 16. The van der Waals surface area contributed by atoms with Gasteiger partial charge in [0, 0.05) is 104 Å². The lowest BCUT2D eigenvalue weighted by Gasteiger charge is -2.09. The first kappa shape index (κ1) is 87.3. The van der Waals surface area contributed by atoms with Crippen molar-refractivity contribution in [2.75, 3.05) is 143 Å². The molecule has 0 unspecified atom stereocenters. The van der Waals surface area contributed by atoms with Crippen LogP contribution in [0.2, 0.25) is 0 Å². The molecule has 0 amide bonds. The number of carbonyl (C=O) groups excluding carboxylic acids is 4. The third-order valence-electron chi connectivity index (χ3n) is 17.1. The van der Waals surface area contributed by atoms with Crippen LogP contribution in [0.5, 0.6) is 0 Å². The van der Waals surface area contributed by atoms with Crippen molar-refractivity contribution >= 4 is 35.3 Å². The Hall–Kier alpha value is -1.73. The van der Waals surface area contributed by atoms with Crippen molar-refractivity contribution in [2.45, 2.75) is 315 Å². The predicted molar refractivity (Wildman–Crippen MR) is 383 cm³/mol. The molecule has 0 spiro atoms. The maximum Gasteiger partial charge on any atom is 0.305 e. The highest BCUT2D eigenvalue weighted by Gasteiger charge is 2.10. The van der Waals surface area contributed by atoms with Crippen molar-refractivity contribution in [3.8, 4) is 0 Å². The number of esters is 2. The molecule has 16 heteroatoms. The number of Topliss-reactive ketones (excluding diaryl/α,β-unsaturated/α-hetero) is 2. The predicted octanol–water partition coefficient (Wildman–Crippen LogP) is 16.1. The SMILES string of the molecule is C1CCCC1.C1CCCCC1.C1CCCNCC1.C1CCCOCC1.C1CCNCC1.C1CCOC1.C1CCOCC1.C1CCOCC1.C1CCSCC1.C1CNC1.C1CNCCNC1.O=C1CCCC1.O=C1CCCCC1.O=C1CCCCO1.O=C1CCCO1. The van der Waals surface area contributed by atoms with Gasteiger partial charge in [-0.2, -0.15) is 11.8 Å². The number of ether oxygens (including phenoxy) is 6. The number of rotatable bonds is 0. The van der Waals surface area contributed by atoms with E-state index in [0.29, 0.717) is 37.6 Å². The molecule has 91 heavy (non-hydrogen) atoms. The van der Waals surface area contributed by atoms with E-state index in [2.05, 4.69) is 47.8 Å². The van der Waals surface area contributed by atoms with Crippen LogP contribution in [0, 0.1) is 0 Å². The first-order chi connectivity index (χ1) is 45.1. The summed E-state index contributed by atoms with van der Waals surface area (Å²) < 4.78 is 29.4. The lowest BCUT2D eigenvalue weighted by Crippen LogP contribution is -2.29. The molecule has 0 aromatic carbocycles. The van der Waals surface area contributed by atoms with Gasteiger partial charge in [-0.1, -0.05) is 116 Å². The first-order valence-electron chi connectivity index (χ1n) is 38.8. The molecule has 538 valence electrons. The fourth-order valence-electron chi connectivity index (χ4n) is 10.9. The van der Waals surface area contributed by atoms with Crippen molar-refractivity contribution in [3.63, 3.8) is 0 Å². The number of nitrogens with one attached hydrogen (secondary N) is 5. The molecular formula is C75H147N5O10S. The van der Waals surface area contributed by atoms with Gasteiger partial charge in [0.2, 0.25) is 0 Å². The molecule has 11 aliphatic heterocycles. The minimum Gasteiger partial charge on any atom is -0.466 e. The average Bonchev–Trinajstić information content (AvgIpc) is 4.48. The second-order valence-corrected chi connectivity index (χ2v) is 27.3. The zero-order chi connectivity index (χ0) is 65.0. The molecule has 15 fully saturated rings. The minimum atomic E-state index is -0.0463. The number of piperidine rings is 1. The maximum absolute atomic E-state index is 10.5. The van der Waals surface area contributed by atoms with E-state index >= 15 is 0 Å². The van der Waals surface area contributed by atoms with Gasteiger partial charge in [0.15, 0.2) is 0 Å². The van der Waals surface area contributed by atoms with Gasteiger partial charge in [0.05, 0.1) is 13.2 Å². The summed E-state index contributed by atoms with van der Waals surface area (Å²) >= 11 is 2.09. The second-order valence-electron chi connectivity index (χ2n) is 26.0. The van der Waals surface area contributed by atoms with E-state index in [9.17, 15) is 19.2 Å². The molecule has 11 heterocycles. The standard InChI is InChI=1S/C6H13N.C6H12O.C6H10O.C6H12.C5H12N2.C5H11N.C5H8O2.2C5H10O.C5H8O.C5H10S.C5H10.C4H6O2.C4H8O.C3H7N/c2*1-2-4-6-7-5-3-1;7-6-4-2-1-3-5-6;1-2-4-6-5-3-1;1-2-6-4-5-7-3-1;1-2-4-6-5-3-1;6-5-3-1-2-4-7-5;2*1-2-4-6-5-3-1;6-5-3-1-2-4-5;1-2-4-6-5-3-1;1-2-4-5-3-1;5-4-2-1-3-6-4;1-2-4-5-3-1;1-2-4-3-1/h7H,1-6H2;1-6H2;1-5H2;1-6H2;6-7H,1-5H2;6H,1-5H2;1-4H2;2*1-5H2;1-4H2;1-5H2;1-5H2;1-3H2;1-4H2;4H,1-3H2. The normalized spacial score (nSPS) is 23.4. The Morgan fingerprint density at radius 1 is 0.198 bits per heavy atom. The van der Waals surface area contributed by atoms with Crippen LogP contribution in [-0.2, 0) is 47.6 Å². The Bertz CT molecular complexity index is 1150. The Morgan fingerprint density at radius 3 is 0.637 bits per heavy atom. The minimum absolute atomic E-state index is 0.0359. The summed E-state index contributed by atoms with van der Waals surface area (Å²) in [5.41, 5.74) is 0. The van der Waals surface area contributed by atoms with E-state index in [-0.39, 0.29) is 11.9 Å². The quantitative estimate of drug-likeness (QED) is 0.144. The third kappa shape index (κ3) is 75.5. The van der Waals surface area contributed by atoms with Crippen molar-refractivity contribution in [2.24, 2.45) is 0 Å². The fourth-order valence-corrected chi connectivity index (χ4v) is 11.9. The number of cyclic esters (lactones) is 2. The van der Waals surface area contributed by atoms with Crippen molar-refractivity contribution in [1.82, 2.24) is 26.6 Å². The van der Waals surface area contributed by atoms with Gasteiger partial charge >= 0.3 is 11.9 Å². The van der Waals surface area contributed by atoms with E-state index in [1.807, 2.05) is 0 Å². The number of ketones is 2. The van der Waals surface area contributed by atoms with Gasteiger partial charge in [-0.25, -0.2) is 0 Å². The van der Waals surface area contributed by atoms with Gasteiger partial charge in [-0.05, 0) is 224 Å². The van der Waals surface area contributed by atoms with Crippen LogP contribution in [0.1, 0.15) is 315 Å². The summed E-state index contributed by atoms with van der Waals surface area (Å²) in [7, 11) is 0. The molecule has 0 bridgehead atoms. The average molecular weight is 1310 g/mol. The summed E-state index contributed by atoms with van der Waals surface area (Å²) in [6.45, 7) is 21.4. The van der Waals surface area contributed by atoms with Crippen molar-refractivity contribution in [3.05, 3.63) is 0 Å². The summed E-state index contributed by atoms with van der Waals surface area (Å²) in [5, 5.41) is 16.3. The lowest BCUT2D eigenvalue weighted by molar-refractivity contribution is -0.146. The Labute approximate surface area is 564 Å². The molecule has 15 rings (SSSR count). The van der Waals surface area contributed by atoms with Crippen LogP contribution < -0.4 is 26.6 Å². The largest absolute Gasteiger partial charge is 0.466 e. The maximum atomic E-state index is 10.5. The molecule has 4 aliphatic carbocycles. The zero-order valence-electron chi connectivity index (χ0n) is 59.2. The summed E-state index contributed by atoms with van der Waals surface area (Å²) in [4.78, 5) is 41.0. The Balaban J connectivity index is 0.000000488. The number of thioether (sulfide) groups is 1. The molecule has 15 nitrogen and oxygen atoms in total. The van der Waals surface area contributed by atoms with E-state index in [0.717, 1.165) is 137 Å². The molecule has 0 aromatic rings. The molecule has 15 aliphatic rings. The van der Waals surface area contributed by atoms with Crippen LogP contribution >= 0.6 is 11.8 Å². The van der Waals surface area contributed by atoms with Crippen LogP contribution in [0.15, 0.2) is 0 Å². The van der Waals surface area contributed by atoms with E-state index in [1.165, 1.54) is 295 Å². The van der Waals surface area contributed by atoms with Crippen molar-refractivity contribution < 1.29 is 47.6 Å². The van der Waals surface area contributed by atoms with Crippen LogP contribution in [0.25, 0.3) is 0 Å². The Kier molecular flexibility index (Phi) is 74.1. The summed E-state index contributed by atoms with van der Waals surface area (Å²) in [5.74, 6) is 3.67. The molecule has 4 saturated carbocycles. The Morgan fingerprint density at radius 2 is 0.418 bits per heavy atom. The lowest BCUT2D eigenvalue weighted by atomic mass is 10.00. The van der Waals surface area contributed by atoms with Gasteiger partial charge in [-0.3, -0.25) is 19.2 Å². The number of hydrogen-bond donors (Lipinski definition) is 5. The molecule has 0 aromatic heterocycles. The number of carbonyl (C=O) groups is 4. The van der Waals surface area contributed by atoms with Crippen LogP contribution in [-0.4, -0.2) is 167 Å². The molecule has 11 saturated heterocycles. The van der Waals surface area contributed by atoms with Gasteiger partial charge in [-0.15, -0.1) is 0 Å². The van der Waals surface area contributed by atoms with E-state index in [4.69, 9.17) is 18.9 Å². The summed E-state index contributed by atoms with van der Waals surface area (Å²) in [6.07, 6.45) is 62.6. The van der Waals surface area contributed by atoms with Gasteiger partial charge in [0.1, 0.15) is 11.6 Å². The highest BCUT2D eigenvalue weighted by Crippen LogP contribution is 2.17. The van der Waals surface area contributed by atoms with Crippen molar-refractivity contribution in [1.29, 1.82) is 0 Å².